The summed E-state index contributed by atoms with van der Waals surface area (Å²) in [6.45, 7) is 2.07. The number of esters is 2. The number of rotatable bonds is 9. The minimum Gasteiger partial charge on any atom is -0.508 e. The van der Waals surface area contributed by atoms with E-state index in [0.717, 1.165) is 21.7 Å². The number of phenolic OH excluding ortho intramolecular Hbond substituents is 1. The normalized spacial score (nSPS) is 10.5. The van der Waals surface area contributed by atoms with Gasteiger partial charge in [-0.3, -0.25) is 0 Å². The zero-order valence-electron chi connectivity index (χ0n) is 17.5. The third kappa shape index (κ3) is 5.60. The Morgan fingerprint density at radius 2 is 1.94 bits per heavy atom. The van der Waals surface area contributed by atoms with Crippen molar-refractivity contribution in [3.63, 3.8) is 0 Å². The maximum absolute atomic E-state index is 12.3. The summed E-state index contributed by atoms with van der Waals surface area (Å²) in [5.41, 5.74) is 2.44. The highest BCUT2D eigenvalue weighted by Gasteiger charge is 2.25. The Bertz CT molecular complexity index is 1110. The van der Waals surface area contributed by atoms with Crippen molar-refractivity contribution >= 4 is 44.9 Å². The second-order valence-corrected chi connectivity index (χ2v) is 8.37. The summed E-state index contributed by atoms with van der Waals surface area (Å²) in [6, 6.07) is 14.7. The Morgan fingerprint density at radius 1 is 1.16 bits per heavy atom. The number of hydrogen-bond acceptors (Lipinski definition) is 8. The van der Waals surface area contributed by atoms with E-state index < -0.39 is 11.9 Å². The van der Waals surface area contributed by atoms with Gasteiger partial charge < -0.3 is 24.6 Å². The minimum absolute atomic E-state index is 0.225. The Kier molecular flexibility index (Phi) is 8.13. The molecule has 2 N–H and O–H groups in total. The molecular formula is C23H22BrNO6S. The van der Waals surface area contributed by atoms with Crippen molar-refractivity contribution < 1.29 is 28.9 Å². The van der Waals surface area contributed by atoms with Gasteiger partial charge in [0, 0.05) is 17.8 Å². The maximum atomic E-state index is 12.3. The number of methoxy groups -OCH3 is 1. The van der Waals surface area contributed by atoms with E-state index in [1.165, 1.54) is 18.4 Å². The van der Waals surface area contributed by atoms with Gasteiger partial charge in [-0.1, -0.05) is 30.3 Å². The van der Waals surface area contributed by atoms with Gasteiger partial charge in [-0.25, -0.2) is 9.59 Å². The lowest BCUT2D eigenvalue weighted by molar-refractivity contribution is -0.145. The quantitative estimate of drug-likeness (QED) is 0.374. The van der Waals surface area contributed by atoms with Gasteiger partial charge in [0.2, 0.25) is 0 Å². The lowest BCUT2D eigenvalue weighted by atomic mass is 10.1. The first-order valence-corrected chi connectivity index (χ1v) is 11.4. The van der Waals surface area contributed by atoms with Crippen molar-refractivity contribution in [2.24, 2.45) is 0 Å². The van der Waals surface area contributed by atoms with Gasteiger partial charge in [0.15, 0.2) is 17.2 Å². The van der Waals surface area contributed by atoms with Crippen LogP contribution in [-0.2, 0) is 20.8 Å². The number of hydrogen-bond donors (Lipinski definition) is 2. The number of benzene rings is 2. The molecule has 0 aliphatic heterocycles. The van der Waals surface area contributed by atoms with E-state index in [2.05, 4.69) is 21.2 Å². The van der Waals surface area contributed by atoms with Gasteiger partial charge in [-0.05, 0) is 46.6 Å². The molecule has 0 fully saturated rings. The molecule has 168 valence electrons. The number of phenols is 1. The molecule has 0 bridgehead atoms. The van der Waals surface area contributed by atoms with Crippen LogP contribution in [0.25, 0.3) is 10.4 Å². The third-order valence-corrected chi connectivity index (χ3v) is 6.64. The van der Waals surface area contributed by atoms with E-state index in [1.54, 1.807) is 19.1 Å². The molecule has 32 heavy (non-hydrogen) atoms. The molecular weight excluding hydrogens is 498 g/mol. The van der Waals surface area contributed by atoms with Crippen LogP contribution in [-0.4, -0.2) is 37.4 Å². The molecule has 0 spiro atoms. The van der Waals surface area contributed by atoms with Gasteiger partial charge in [0.05, 0.1) is 23.1 Å². The Hall–Kier alpha value is -3.04. The first-order valence-electron chi connectivity index (χ1n) is 9.74. The minimum atomic E-state index is -0.561. The molecule has 7 nitrogen and oxygen atoms in total. The molecule has 2 aromatic carbocycles. The number of anilines is 1. The van der Waals surface area contributed by atoms with Crippen LogP contribution in [0.15, 0.2) is 53.0 Å². The van der Waals surface area contributed by atoms with Gasteiger partial charge in [-0.15, -0.1) is 11.3 Å². The molecule has 9 heteroatoms. The number of nitrogens with one attached hydrogen (secondary N) is 1. The first kappa shape index (κ1) is 23.6. The van der Waals surface area contributed by atoms with Crippen LogP contribution in [0.2, 0.25) is 0 Å². The summed E-state index contributed by atoms with van der Waals surface area (Å²) in [5.74, 6) is -0.631. The van der Waals surface area contributed by atoms with Crippen LogP contribution >= 0.6 is 27.3 Å². The number of carbonyl (C=O) groups is 2. The molecule has 0 unspecified atom stereocenters. The summed E-state index contributed by atoms with van der Waals surface area (Å²) in [4.78, 5) is 25.0. The topological polar surface area (TPSA) is 94.1 Å². The second kappa shape index (κ2) is 11.0. The number of ether oxygens (including phenoxy) is 3. The smallest absolute Gasteiger partial charge is 0.351 e. The van der Waals surface area contributed by atoms with Crippen LogP contribution in [0.5, 0.6) is 11.5 Å². The van der Waals surface area contributed by atoms with Crippen molar-refractivity contribution in [2.75, 3.05) is 25.6 Å². The van der Waals surface area contributed by atoms with Crippen LogP contribution in [0.3, 0.4) is 0 Å². The summed E-state index contributed by atoms with van der Waals surface area (Å²) >= 11 is 4.70. The zero-order valence-corrected chi connectivity index (χ0v) is 19.9. The number of halogens is 1. The molecule has 0 aliphatic carbocycles. The van der Waals surface area contributed by atoms with E-state index in [9.17, 15) is 14.7 Å². The number of para-hydroxylation sites is 1. The summed E-state index contributed by atoms with van der Waals surface area (Å²) in [6.07, 6.45) is 0. The highest BCUT2D eigenvalue weighted by atomic mass is 79.9. The van der Waals surface area contributed by atoms with Crippen LogP contribution < -0.4 is 10.1 Å². The average Bonchev–Trinajstić information content (AvgIpc) is 3.13. The summed E-state index contributed by atoms with van der Waals surface area (Å²) in [7, 11) is 1.29. The van der Waals surface area contributed by atoms with Crippen LogP contribution in [0.1, 0.15) is 22.2 Å². The van der Waals surface area contributed by atoms with Gasteiger partial charge in [-0.2, -0.15) is 0 Å². The molecule has 3 aromatic rings. The van der Waals surface area contributed by atoms with Crippen LogP contribution in [0, 0.1) is 0 Å². The monoisotopic (exact) mass is 519 g/mol. The number of carbonyl (C=O) groups excluding carboxylic acids is 2. The molecule has 0 atom stereocenters. The SMILES string of the molecule is CCOC(=O)COc1c(C(=O)OC)sc(-c2cccc(NCc3ccccc3O)c2)c1Br. The fourth-order valence-electron chi connectivity index (χ4n) is 2.90. The number of aromatic hydroxyl groups is 1. The average molecular weight is 520 g/mol. The molecule has 0 radical (unpaired) electrons. The molecule has 0 aliphatic rings. The van der Waals surface area contributed by atoms with Crippen LogP contribution in [0.4, 0.5) is 5.69 Å². The van der Waals surface area contributed by atoms with E-state index in [1.807, 2.05) is 36.4 Å². The van der Waals surface area contributed by atoms with Crippen molar-refractivity contribution in [1.29, 1.82) is 0 Å². The predicted octanol–water partition coefficient (Wildman–Crippen LogP) is 5.22. The Morgan fingerprint density at radius 3 is 2.66 bits per heavy atom. The number of thiophene rings is 1. The molecule has 3 rings (SSSR count). The van der Waals surface area contributed by atoms with E-state index >= 15 is 0 Å². The second-order valence-electron chi connectivity index (χ2n) is 6.55. The Balaban J connectivity index is 1.86. The van der Waals surface area contributed by atoms with Gasteiger partial charge in [0.25, 0.3) is 0 Å². The fraction of sp³-hybridized carbons (Fsp3) is 0.217. The van der Waals surface area contributed by atoms with E-state index in [0.29, 0.717) is 11.0 Å². The fourth-order valence-corrected chi connectivity index (χ4v) is 4.87. The lowest BCUT2D eigenvalue weighted by Gasteiger charge is -2.10. The molecule has 0 saturated heterocycles. The van der Waals surface area contributed by atoms with Crippen molar-refractivity contribution in [2.45, 2.75) is 13.5 Å². The molecule has 0 amide bonds. The van der Waals surface area contributed by atoms with Crippen molar-refractivity contribution in [3.8, 4) is 21.9 Å². The summed E-state index contributed by atoms with van der Waals surface area (Å²) < 4.78 is 15.9. The largest absolute Gasteiger partial charge is 0.508 e. The highest BCUT2D eigenvalue weighted by molar-refractivity contribution is 9.10. The van der Waals surface area contributed by atoms with Crippen molar-refractivity contribution in [3.05, 3.63) is 63.4 Å². The maximum Gasteiger partial charge on any atom is 0.351 e. The van der Waals surface area contributed by atoms with Crippen molar-refractivity contribution in [1.82, 2.24) is 0 Å². The highest BCUT2D eigenvalue weighted by Crippen LogP contribution is 2.46. The summed E-state index contributed by atoms with van der Waals surface area (Å²) in [5, 5.41) is 13.2. The lowest BCUT2D eigenvalue weighted by Crippen LogP contribution is -2.15. The van der Waals surface area contributed by atoms with E-state index in [4.69, 9.17) is 14.2 Å². The third-order valence-electron chi connectivity index (χ3n) is 4.42. The Labute approximate surface area is 198 Å². The van der Waals surface area contributed by atoms with E-state index in [-0.39, 0.29) is 29.6 Å². The van der Waals surface area contributed by atoms with Gasteiger partial charge in [0.1, 0.15) is 5.75 Å². The molecule has 1 aromatic heterocycles. The first-order chi connectivity index (χ1) is 15.4. The zero-order chi connectivity index (χ0) is 23.1. The molecule has 0 saturated carbocycles. The predicted molar refractivity (Wildman–Crippen MR) is 126 cm³/mol. The molecule has 1 heterocycles. The van der Waals surface area contributed by atoms with Gasteiger partial charge >= 0.3 is 11.9 Å². The standard InChI is InChI=1S/C23H22BrNO6S/c1-3-30-18(27)13-31-20-19(24)21(32-22(20)23(28)29-2)14-8-6-9-16(11-14)25-12-15-7-4-5-10-17(15)26/h4-11,25-26H,3,12-13H2,1-2H3.